The molecule has 0 nitrogen and oxygen atoms in total. The van der Waals surface area contributed by atoms with Crippen molar-refractivity contribution in [3.63, 3.8) is 0 Å². The smallest absolute Gasteiger partial charge is 0.00859 e. The van der Waals surface area contributed by atoms with Gasteiger partial charge in [0.2, 0.25) is 0 Å². The van der Waals surface area contributed by atoms with Gasteiger partial charge in [-0.25, -0.2) is 0 Å². The highest BCUT2D eigenvalue weighted by molar-refractivity contribution is 5.28. The van der Waals surface area contributed by atoms with Gasteiger partial charge in [0, 0.05) is 0 Å². The third kappa shape index (κ3) is 0.973. The second-order valence-electron chi connectivity index (χ2n) is 2.37. The zero-order chi connectivity index (χ0) is 6.10. The standard InChI is InChI=1S/C9H8/c1-2-4-8(5-3-1)9-6-7-9/h1-5,9H,6H2. The maximum Gasteiger partial charge on any atom is -0.00859 e. The third-order valence-corrected chi connectivity index (χ3v) is 1.61. The zero-order valence-electron chi connectivity index (χ0n) is 5.17. The van der Waals surface area contributed by atoms with E-state index in [-0.39, 0.29) is 0 Å². The Bertz CT molecular complexity index is 184. The van der Waals surface area contributed by atoms with Gasteiger partial charge in [-0.05, 0) is 24.3 Å². The first kappa shape index (κ1) is 5.04. The molecule has 0 bridgehead atoms. The predicted molar refractivity (Wildman–Crippen MR) is 37.0 cm³/mol. The summed E-state index contributed by atoms with van der Waals surface area (Å²) in [4.78, 5) is 0. The highest BCUT2D eigenvalue weighted by atomic mass is 14.3. The van der Waals surface area contributed by atoms with E-state index in [1.807, 2.05) is 6.07 Å². The molecule has 0 heteroatoms. The van der Waals surface area contributed by atoms with Crippen LogP contribution in [0.5, 0.6) is 0 Å². The minimum absolute atomic E-state index is 0.659. The van der Waals surface area contributed by atoms with Crippen LogP contribution in [0.15, 0.2) is 30.3 Å². The van der Waals surface area contributed by atoms with Crippen LogP contribution in [-0.2, 0) is 0 Å². The Hall–Kier alpha value is -0.780. The maximum atomic E-state index is 3.25. The van der Waals surface area contributed by atoms with E-state index in [1.165, 1.54) is 5.56 Å². The van der Waals surface area contributed by atoms with Crippen molar-refractivity contribution in [3.05, 3.63) is 42.3 Å². The fourth-order valence-electron chi connectivity index (χ4n) is 0.980. The van der Waals surface area contributed by atoms with Gasteiger partial charge in [-0.3, -0.25) is 0 Å². The fourth-order valence-corrected chi connectivity index (χ4v) is 0.980. The first-order valence-electron chi connectivity index (χ1n) is 3.25. The summed E-state index contributed by atoms with van der Waals surface area (Å²) in [6.45, 7) is 0. The van der Waals surface area contributed by atoms with E-state index in [4.69, 9.17) is 0 Å². The molecule has 2 rings (SSSR count). The average molecular weight is 116 g/mol. The SMILES string of the molecule is [C]1CC1c1ccccc1. The number of hydrogen-bond acceptors (Lipinski definition) is 0. The summed E-state index contributed by atoms with van der Waals surface area (Å²) in [6.07, 6.45) is 4.41. The van der Waals surface area contributed by atoms with Crippen LogP contribution in [0.4, 0.5) is 0 Å². The topological polar surface area (TPSA) is 0 Å². The molecular formula is C9H8. The molecule has 0 amide bonds. The van der Waals surface area contributed by atoms with Crippen molar-refractivity contribution in [2.24, 2.45) is 0 Å². The van der Waals surface area contributed by atoms with E-state index >= 15 is 0 Å². The van der Waals surface area contributed by atoms with Crippen molar-refractivity contribution >= 4 is 0 Å². The number of benzene rings is 1. The molecule has 0 aliphatic heterocycles. The summed E-state index contributed by atoms with van der Waals surface area (Å²) in [6, 6.07) is 10.5. The molecule has 0 N–H and O–H groups in total. The number of rotatable bonds is 1. The van der Waals surface area contributed by atoms with Crippen LogP contribution >= 0.6 is 0 Å². The van der Waals surface area contributed by atoms with E-state index in [9.17, 15) is 0 Å². The van der Waals surface area contributed by atoms with E-state index in [1.54, 1.807) is 0 Å². The van der Waals surface area contributed by atoms with Crippen molar-refractivity contribution in [3.8, 4) is 0 Å². The third-order valence-electron chi connectivity index (χ3n) is 1.61. The Morgan fingerprint density at radius 3 is 2.44 bits per heavy atom. The summed E-state index contributed by atoms with van der Waals surface area (Å²) in [5.41, 5.74) is 1.41. The molecule has 1 saturated carbocycles. The van der Waals surface area contributed by atoms with Gasteiger partial charge < -0.3 is 0 Å². The van der Waals surface area contributed by atoms with E-state index in [0.29, 0.717) is 5.92 Å². The van der Waals surface area contributed by atoms with Crippen LogP contribution in [-0.4, -0.2) is 0 Å². The Kier molecular flexibility index (Phi) is 1.05. The molecular weight excluding hydrogens is 108 g/mol. The summed E-state index contributed by atoms with van der Waals surface area (Å²) >= 11 is 0. The lowest BCUT2D eigenvalue weighted by atomic mass is 10.1. The minimum atomic E-state index is 0.659. The van der Waals surface area contributed by atoms with Crippen LogP contribution in [0.3, 0.4) is 0 Å². The summed E-state index contributed by atoms with van der Waals surface area (Å²) in [5, 5.41) is 0. The molecule has 0 aromatic heterocycles. The summed E-state index contributed by atoms with van der Waals surface area (Å²) in [7, 11) is 0. The van der Waals surface area contributed by atoms with Crippen molar-refractivity contribution in [2.75, 3.05) is 0 Å². The lowest BCUT2D eigenvalue weighted by Crippen LogP contribution is -1.73. The molecule has 1 aliphatic carbocycles. The quantitative estimate of drug-likeness (QED) is 0.528. The van der Waals surface area contributed by atoms with Crippen LogP contribution in [0.1, 0.15) is 17.9 Å². The first-order valence-corrected chi connectivity index (χ1v) is 3.25. The van der Waals surface area contributed by atoms with Gasteiger partial charge in [0.25, 0.3) is 0 Å². The maximum absolute atomic E-state index is 3.25. The fraction of sp³-hybridized carbons (Fsp3) is 0.222. The summed E-state index contributed by atoms with van der Waals surface area (Å²) < 4.78 is 0. The molecule has 9 heavy (non-hydrogen) atoms. The zero-order valence-corrected chi connectivity index (χ0v) is 5.17. The lowest BCUT2D eigenvalue weighted by molar-refractivity contribution is 1.16. The lowest BCUT2D eigenvalue weighted by Gasteiger charge is -1.92. The Balaban J connectivity index is 2.29. The van der Waals surface area contributed by atoms with Crippen LogP contribution in [0.25, 0.3) is 0 Å². The molecule has 0 saturated heterocycles. The highest BCUT2D eigenvalue weighted by Crippen LogP contribution is 2.38. The molecule has 1 unspecified atom stereocenters. The molecule has 44 valence electrons. The van der Waals surface area contributed by atoms with Gasteiger partial charge in [0.05, 0.1) is 0 Å². The first-order chi connectivity index (χ1) is 4.47. The van der Waals surface area contributed by atoms with E-state index in [2.05, 4.69) is 30.7 Å². The molecule has 0 heterocycles. The minimum Gasteiger partial charge on any atom is -0.0622 e. The summed E-state index contributed by atoms with van der Waals surface area (Å²) in [5.74, 6) is 0.659. The Labute approximate surface area is 55.5 Å². The monoisotopic (exact) mass is 116 g/mol. The van der Waals surface area contributed by atoms with Gasteiger partial charge in [-0.15, -0.1) is 0 Å². The van der Waals surface area contributed by atoms with Crippen molar-refractivity contribution < 1.29 is 0 Å². The Morgan fingerprint density at radius 1 is 1.22 bits per heavy atom. The molecule has 1 aromatic rings. The largest absolute Gasteiger partial charge is 0.0622 e. The molecule has 1 atom stereocenters. The second kappa shape index (κ2) is 1.87. The second-order valence-corrected chi connectivity index (χ2v) is 2.37. The average Bonchev–Trinajstić information content (AvgIpc) is 2.71. The van der Waals surface area contributed by atoms with Crippen LogP contribution in [0, 0.1) is 6.42 Å². The van der Waals surface area contributed by atoms with Gasteiger partial charge in [-0.2, -0.15) is 0 Å². The van der Waals surface area contributed by atoms with Crippen LogP contribution in [0.2, 0.25) is 0 Å². The van der Waals surface area contributed by atoms with Crippen molar-refractivity contribution in [1.82, 2.24) is 0 Å². The molecule has 2 radical (unpaired) electrons. The van der Waals surface area contributed by atoms with E-state index < -0.39 is 0 Å². The van der Waals surface area contributed by atoms with Crippen molar-refractivity contribution in [2.45, 2.75) is 12.3 Å². The van der Waals surface area contributed by atoms with Crippen LogP contribution < -0.4 is 0 Å². The Morgan fingerprint density at radius 2 is 1.89 bits per heavy atom. The molecule has 0 spiro atoms. The number of hydrogen-bond donors (Lipinski definition) is 0. The van der Waals surface area contributed by atoms with Gasteiger partial charge in [-0.1, -0.05) is 30.3 Å². The van der Waals surface area contributed by atoms with E-state index in [0.717, 1.165) is 6.42 Å². The highest BCUT2D eigenvalue weighted by Gasteiger charge is 2.23. The molecule has 1 aliphatic rings. The normalized spacial score (nSPS) is 17.8. The molecule has 1 aromatic carbocycles. The van der Waals surface area contributed by atoms with Crippen molar-refractivity contribution in [1.29, 1.82) is 0 Å². The predicted octanol–water partition coefficient (Wildman–Crippen LogP) is 2.26. The van der Waals surface area contributed by atoms with Gasteiger partial charge in [0.15, 0.2) is 0 Å². The van der Waals surface area contributed by atoms with Gasteiger partial charge >= 0.3 is 0 Å². The molecule has 1 fully saturated rings. The van der Waals surface area contributed by atoms with Gasteiger partial charge in [0.1, 0.15) is 0 Å².